The molecule has 0 heterocycles. The van der Waals surface area contributed by atoms with Crippen LogP contribution in [0.1, 0.15) is 94.8 Å². The van der Waals surface area contributed by atoms with Crippen molar-refractivity contribution < 1.29 is 4.79 Å². The van der Waals surface area contributed by atoms with E-state index in [1.807, 2.05) is 4.90 Å². The summed E-state index contributed by atoms with van der Waals surface area (Å²) in [6, 6.07) is 4.92. The Morgan fingerprint density at radius 2 is 1.52 bits per heavy atom. The van der Waals surface area contributed by atoms with Crippen molar-refractivity contribution in [1.82, 2.24) is 4.90 Å². The molecule has 1 aromatic rings. The fraction of sp³-hybridized carbons (Fsp3) is 0.667. The van der Waals surface area contributed by atoms with Gasteiger partial charge in [0, 0.05) is 17.6 Å². The van der Waals surface area contributed by atoms with E-state index in [9.17, 15) is 4.79 Å². The molecule has 0 radical (unpaired) electrons. The van der Waals surface area contributed by atoms with Crippen molar-refractivity contribution in [2.24, 2.45) is 0 Å². The smallest absolute Gasteiger partial charge is 0.254 e. The Morgan fingerprint density at radius 3 is 1.91 bits per heavy atom. The van der Waals surface area contributed by atoms with Crippen LogP contribution in [0.2, 0.25) is 0 Å². The Kier molecular flexibility index (Phi) is 7.31. The molecule has 130 valence electrons. The standard InChI is InChI=1S/C21H35NO/c1-9-16(8)19-13-17(10-2)12-18(11-3)20(19)21(23)22(14(4)5)15(6)7/h12-16H,9-11H2,1-8H3. The molecule has 0 N–H and O–H groups in total. The van der Waals surface area contributed by atoms with Crippen LogP contribution in [0.15, 0.2) is 12.1 Å². The normalized spacial score (nSPS) is 12.8. The maximum Gasteiger partial charge on any atom is 0.254 e. The topological polar surface area (TPSA) is 20.3 Å². The van der Waals surface area contributed by atoms with Crippen molar-refractivity contribution in [2.75, 3.05) is 0 Å². The van der Waals surface area contributed by atoms with Gasteiger partial charge in [0.2, 0.25) is 0 Å². The van der Waals surface area contributed by atoms with Crippen LogP contribution in [0.4, 0.5) is 0 Å². The Balaban J connectivity index is 3.56. The number of carbonyl (C=O) groups excluding carboxylic acids is 1. The number of amides is 1. The Hall–Kier alpha value is -1.31. The minimum atomic E-state index is 0.199. The number of hydrogen-bond donors (Lipinski definition) is 0. The molecule has 0 bridgehead atoms. The molecule has 2 heteroatoms. The third-order valence-electron chi connectivity index (χ3n) is 4.80. The largest absolute Gasteiger partial charge is 0.334 e. The molecule has 2 nitrogen and oxygen atoms in total. The molecule has 1 aromatic carbocycles. The summed E-state index contributed by atoms with van der Waals surface area (Å²) in [6.45, 7) is 17.2. The highest BCUT2D eigenvalue weighted by Crippen LogP contribution is 2.30. The van der Waals surface area contributed by atoms with Crippen LogP contribution in [-0.2, 0) is 12.8 Å². The van der Waals surface area contributed by atoms with Gasteiger partial charge in [-0.05, 0) is 69.6 Å². The fourth-order valence-corrected chi connectivity index (χ4v) is 3.34. The molecule has 1 atom stereocenters. The highest BCUT2D eigenvalue weighted by atomic mass is 16.2. The molecule has 0 spiro atoms. The molecule has 0 aliphatic carbocycles. The van der Waals surface area contributed by atoms with Gasteiger partial charge in [-0.2, -0.15) is 0 Å². The van der Waals surface area contributed by atoms with Crippen LogP contribution in [0.25, 0.3) is 0 Å². The molecule has 0 saturated carbocycles. The van der Waals surface area contributed by atoms with Crippen LogP contribution < -0.4 is 0 Å². The van der Waals surface area contributed by atoms with E-state index in [1.54, 1.807) is 0 Å². The van der Waals surface area contributed by atoms with E-state index < -0.39 is 0 Å². The van der Waals surface area contributed by atoms with Gasteiger partial charge in [0.15, 0.2) is 0 Å². The van der Waals surface area contributed by atoms with Crippen molar-refractivity contribution in [3.05, 3.63) is 34.4 Å². The highest BCUT2D eigenvalue weighted by Gasteiger charge is 2.27. The van der Waals surface area contributed by atoms with Gasteiger partial charge in [0.25, 0.3) is 5.91 Å². The van der Waals surface area contributed by atoms with E-state index in [0.29, 0.717) is 5.92 Å². The van der Waals surface area contributed by atoms with Gasteiger partial charge < -0.3 is 4.90 Å². The first-order valence-electron chi connectivity index (χ1n) is 9.26. The Morgan fingerprint density at radius 1 is 0.957 bits per heavy atom. The number of carbonyl (C=O) groups is 1. The molecular formula is C21H35NO. The molecule has 0 aliphatic heterocycles. The lowest BCUT2D eigenvalue weighted by atomic mass is 9.86. The summed E-state index contributed by atoms with van der Waals surface area (Å²) in [5.74, 6) is 0.608. The van der Waals surface area contributed by atoms with E-state index in [2.05, 4.69) is 67.5 Å². The first-order valence-corrected chi connectivity index (χ1v) is 9.26. The molecule has 0 aliphatic rings. The highest BCUT2D eigenvalue weighted by molar-refractivity contribution is 5.98. The van der Waals surface area contributed by atoms with Crippen molar-refractivity contribution >= 4 is 5.91 Å². The number of aryl methyl sites for hydroxylation is 2. The molecule has 1 rings (SSSR count). The minimum absolute atomic E-state index is 0.199. The van der Waals surface area contributed by atoms with Gasteiger partial charge in [-0.25, -0.2) is 0 Å². The molecule has 0 saturated heterocycles. The van der Waals surface area contributed by atoms with Gasteiger partial charge >= 0.3 is 0 Å². The lowest BCUT2D eigenvalue weighted by Crippen LogP contribution is -2.43. The van der Waals surface area contributed by atoms with E-state index in [1.165, 1.54) is 16.7 Å². The molecule has 0 aromatic heterocycles. The molecule has 1 amide bonds. The fourth-order valence-electron chi connectivity index (χ4n) is 3.34. The molecule has 0 fully saturated rings. The zero-order chi connectivity index (χ0) is 17.7. The maximum atomic E-state index is 13.4. The minimum Gasteiger partial charge on any atom is -0.334 e. The third kappa shape index (κ3) is 4.37. The zero-order valence-corrected chi connectivity index (χ0v) is 16.4. The monoisotopic (exact) mass is 317 g/mol. The summed E-state index contributed by atoms with van der Waals surface area (Å²) in [7, 11) is 0. The van der Waals surface area contributed by atoms with Gasteiger partial charge in [0.1, 0.15) is 0 Å². The van der Waals surface area contributed by atoms with Crippen LogP contribution in [0, 0.1) is 0 Å². The van der Waals surface area contributed by atoms with Crippen molar-refractivity contribution in [3.8, 4) is 0 Å². The Bertz CT molecular complexity index is 523. The van der Waals surface area contributed by atoms with Crippen LogP contribution >= 0.6 is 0 Å². The van der Waals surface area contributed by atoms with Gasteiger partial charge in [-0.1, -0.05) is 39.8 Å². The lowest BCUT2D eigenvalue weighted by molar-refractivity contribution is 0.0641. The van der Waals surface area contributed by atoms with Crippen LogP contribution in [0.3, 0.4) is 0 Å². The Labute approximate surface area is 143 Å². The van der Waals surface area contributed by atoms with E-state index >= 15 is 0 Å². The summed E-state index contributed by atoms with van der Waals surface area (Å²) in [5.41, 5.74) is 4.74. The quantitative estimate of drug-likeness (QED) is 0.642. The van der Waals surface area contributed by atoms with E-state index in [-0.39, 0.29) is 18.0 Å². The SMILES string of the molecule is CCc1cc(CC)c(C(=O)N(C(C)C)C(C)C)c(C(C)CC)c1. The second-order valence-corrected chi connectivity index (χ2v) is 7.14. The van der Waals surface area contributed by atoms with E-state index in [0.717, 1.165) is 24.8 Å². The second-order valence-electron chi connectivity index (χ2n) is 7.14. The summed E-state index contributed by atoms with van der Waals surface area (Å²) in [5, 5.41) is 0. The first-order chi connectivity index (χ1) is 10.8. The molecule has 23 heavy (non-hydrogen) atoms. The van der Waals surface area contributed by atoms with Gasteiger partial charge in [-0.15, -0.1) is 0 Å². The predicted molar refractivity (Wildman–Crippen MR) is 100 cm³/mol. The lowest BCUT2D eigenvalue weighted by Gasteiger charge is -2.33. The first kappa shape index (κ1) is 19.7. The number of rotatable bonds is 7. The van der Waals surface area contributed by atoms with Crippen LogP contribution in [0.5, 0.6) is 0 Å². The summed E-state index contributed by atoms with van der Waals surface area (Å²) in [4.78, 5) is 15.4. The second kappa shape index (κ2) is 8.52. The summed E-state index contributed by atoms with van der Waals surface area (Å²) >= 11 is 0. The maximum absolute atomic E-state index is 13.4. The average molecular weight is 318 g/mol. The van der Waals surface area contributed by atoms with Gasteiger partial charge in [0.05, 0.1) is 0 Å². The molecule has 1 unspecified atom stereocenters. The summed E-state index contributed by atoms with van der Waals surface area (Å²) < 4.78 is 0. The van der Waals surface area contributed by atoms with Crippen molar-refractivity contribution in [3.63, 3.8) is 0 Å². The average Bonchev–Trinajstić information content (AvgIpc) is 2.51. The summed E-state index contributed by atoms with van der Waals surface area (Å²) in [6.07, 6.45) is 2.98. The van der Waals surface area contributed by atoms with E-state index in [4.69, 9.17) is 0 Å². The van der Waals surface area contributed by atoms with Crippen molar-refractivity contribution in [2.45, 2.75) is 92.7 Å². The van der Waals surface area contributed by atoms with Crippen LogP contribution in [-0.4, -0.2) is 22.9 Å². The number of nitrogens with zero attached hydrogens (tertiary/aromatic N) is 1. The number of benzene rings is 1. The molecular weight excluding hydrogens is 282 g/mol. The van der Waals surface area contributed by atoms with Gasteiger partial charge in [-0.3, -0.25) is 4.79 Å². The predicted octanol–water partition coefficient (Wildman–Crippen LogP) is 5.58. The third-order valence-corrected chi connectivity index (χ3v) is 4.80. The number of hydrogen-bond acceptors (Lipinski definition) is 1. The van der Waals surface area contributed by atoms with Crippen molar-refractivity contribution in [1.29, 1.82) is 0 Å². The zero-order valence-electron chi connectivity index (χ0n) is 16.4.